The number of hydrogen-bond donors (Lipinski definition) is 1. The molecule has 1 aliphatic rings. The van der Waals surface area contributed by atoms with E-state index in [2.05, 4.69) is 5.32 Å². The van der Waals surface area contributed by atoms with E-state index in [1.54, 1.807) is 36.4 Å². The van der Waals surface area contributed by atoms with Gasteiger partial charge in [-0.1, -0.05) is 53.7 Å². The van der Waals surface area contributed by atoms with E-state index in [0.717, 1.165) is 22.9 Å². The van der Waals surface area contributed by atoms with Gasteiger partial charge in [0.1, 0.15) is 0 Å². The molecule has 1 saturated heterocycles. The standard InChI is InChI=1S/C21H20N2O4S/c1-14-2-6-16(7-3-14)18(24)10-11-19(25)22-17-8-4-15(5-9-17)12-23-20(26)13-28-21(23)27/h2-9H,10-13H2,1H3,(H,22,25). The van der Waals surface area contributed by atoms with Crippen LogP contribution in [0.25, 0.3) is 0 Å². The maximum Gasteiger partial charge on any atom is 0.289 e. The first-order chi connectivity index (χ1) is 13.4. The van der Waals surface area contributed by atoms with Gasteiger partial charge in [0, 0.05) is 24.1 Å². The predicted molar refractivity (Wildman–Crippen MR) is 108 cm³/mol. The second-order valence-electron chi connectivity index (χ2n) is 6.57. The summed E-state index contributed by atoms with van der Waals surface area (Å²) < 4.78 is 0. The van der Waals surface area contributed by atoms with Crippen molar-refractivity contribution in [3.8, 4) is 0 Å². The molecular weight excluding hydrogens is 376 g/mol. The number of Topliss-reactive ketones (excluding diaryl/α,β-unsaturated/α-hetero) is 1. The molecule has 3 amide bonds. The molecule has 1 fully saturated rings. The smallest absolute Gasteiger partial charge is 0.289 e. The van der Waals surface area contributed by atoms with E-state index >= 15 is 0 Å². The Morgan fingerprint density at radius 3 is 2.29 bits per heavy atom. The van der Waals surface area contributed by atoms with E-state index in [-0.39, 0.29) is 48.0 Å². The Bertz CT molecular complexity index is 891. The Hall–Kier alpha value is -2.93. The summed E-state index contributed by atoms with van der Waals surface area (Å²) in [6.07, 6.45) is 0.242. The second-order valence-corrected chi connectivity index (χ2v) is 7.50. The van der Waals surface area contributed by atoms with Crippen LogP contribution in [0.3, 0.4) is 0 Å². The number of imide groups is 1. The molecule has 0 aromatic heterocycles. The Morgan fingerprint density at radius 1 is 1.00 bits per heavy atom. The number of benzene rings is 2. The Morgan fingerprint density at radius 2 is 1.68 bits per heavy atom. The lowest BCUT2D eigenvalue weighted by atomic mass is 10.0. The summed E-state index contributed by atoms with van der Waals surface area (Å²) in [5.74, 6) is -0.308. The van der Waals surface area contributed by atoms with Crippen molar-refractivity contribution in [3.63, 3.8) is 0 Å². The second kappa shape index (κ2) is 8.84. The molecule has 1 N–H and O–H groups in total. The number of aryl methyl sites for hydroxylation is 1. The fraction of sp³-hybridized carbons (Fsp3) is 0.238. The number of anilines is 1. The van der Waals surface area contributed by atoms with Crippen LogP contribution in [0, 0.1) is 6.92 Å². The van der Waals surface area contributed by atoms with Crippen molar-refractivity contribution < 1.29 is 19.2 Å². The number of thioether (sulfide) groups is 1. The van der Waals surface area contributed by atoms with Gasteiger partial charge in [-0.2, -0.15) is 0 Å². The summed E-state index contributed by atoms with van der Waals surface area (Å²) in [4.78, 5) is 48.7. The van der Waals surface area contributed by atoms with Crippen molar-refractivity contribution in [2.45, 2.75) is 26.3 Å². The number of ketones is 1. The highest BCUT2D eigenvalue weighted by Gasteiger charge is 2.29. The summed E-state index contributed by atoms with van der Waals surface area (Å²) in [6, 6.07) is 14.2. The minimum absolute atomic E-state index is 0.0664. The molecule has 0 unspecified atom stereocenters. The number of carbonyl (C=O) groups is 4. The molecule has 28 heavy (non-hydrogen) atoms. The summed E-state index contributed by atoms with van der Waals surface area (Å²) in [6.45, 7) is 2.18. The SMILES string of the molecule is Cc1ccc(C(=O)CCC(=O)Nc2ccc(CN3C(=O)CSC3=O)cc2)cc1. The van der Waals surface area contributed by atoms with E-state index in [0.29, 0.717) is 11.3 Å². The lowest BCUT2D eigenvalue weighted by Gasteiger charge is -2.13. The van der Waals surface area contributed by atoms with Gasteiger partial charge in [0.15, 0.2) is 5.78 Å². The van der Waals surface area contributed by atoms with Crippen LogP contribution >= 0.6 is 11.8 Å². The van der Waals surface area contributed by atoms with Gasteiger partial charge in [0.05, 0.1) is 12.3 Å². The van der Waals surface area contributed by atoms with E-state index in [1.807, 2.05) is 19.1 Å². The average molecular weight is 396 g/mol. The Labute approximate surface area is 167 Å². The number of carbonyl (C=O) groups excluding carboxylic acids is 4. The molecule has 1 aliphatic heterocycles. The molecule has 0 spiro atoms. The van der Waals surface area contributed by atoms with Crippen LogP contribution in [0.15, 0.2) is 48.5 Å². The third-order valence-electron chi connectivity index (χ3n) is 4.37. The number of nitrogens with one attached hydrogen (secondary N) is 1. The van der Waals surface area contributed by atoms with Crippen molar-refractivity contribution in [3.05, 3.63) is 65.2 Å². The Balaban J connectivity index is 1.49. The first-order valence-electron chi connectivity index (χ1n) is 8.88. The van der Waals surface area contributed by atoms with E-state index in [9.17, 15) is 19.2 Å². The third-order valence-corrected chi connectivity index (χ3v) is 5.23. The lowest BCUT2D eigenvalue weighted by Crippen LogP contribution is -2.27. The molecule has 6 nitrogen and oxygen atoms in total. The van der Waals surface area contributed by atoms with Gasteiger partial charge in [-0.25, -0.2) is 0 Å². The molecule has 0 aliphatic carbocycles. The maximum absolute atomic E-state index is 12.1. The van der Waals surface area contributed by atoms with Gasteiger partial charge in [0.2, 0.25) is 11.8 Å². The first kappa shape index (κ1) is 19.8. The van der Waals surface area contributed by atoms with Gasteiger partial charge in [0.25, 0.3) is 5.24 Å². The molecule has 0 radical (unpaired) electrons. The molecule has 2 aromatic carbocycles. The van der Waals surface area contributed by atoms with Gasteiger partial charge < -0.3 is 5.32 Å². The van der Waals surface area contributed by atoms with Gasteiger partial charge in [-0.15, -0.1) is 0 Å². The largest absolute Gasteiger partial charge is 0.326 e. The number of amides is 3. The van der Waals surface area contributed by atoms with Crippen molar-refractivity contribution in [2.24, 2.45) is 0 Å². The van der Waals surface area contributed by atoms with Gasteiger partial charge >= 0.3 is 0 Å². The third kappa shape index (κ3) is 5.07. The van der Waals surface area contributed by atoms with Crippen LogP contribution < -0.4 is 5.32 Å². The zero-order valence-corrected chi connectivity index (χ0v) is 16.3. The zero-order valence-electron chi connectivity index (χ0n) is 15.4. The quantitative estimate of drug-likeness (QED) is 0.720. The molecule has 2 aromatic rings. The minimum Gasteiger partial charge on any atom is -0.326 e. The lowest BCUT2D eigenvalue weighted by molar-refractivity contribution is -0.125. The molecule has 7 heteroatoms. The summed E-state index contributed by atoms with van der Waals surface area (Å²) >= 11 is 1.00. The van der Waals surface area contributed by atoms with Crippen LogP contribution in [-0.4, -0.2) is 33.5 Å². The first-order valence-corrected chi connectivity index (χ1v) is 9.87. The fourth-order valence-electron chi connectivity index (χ4n) is 2.74. The topological polar surface area (TPSA) is 83.6 Å². The fourth-order valence-corrected chi connectivity index (χ4v) is 3.47. The van der Waals surface area contributed by atoms with Gasteiger partial charge in [-0.3, -0.25) is 24.1 Å². The maximum atomic E-state index is 12.1. The molecule has 0 atom stereocenters. The Kier molecular flexibility index (Phi) is 6.26. The van der Waals surface area contributed by atoms with E-state index < -0.39 is 0 Å². The van der Waals surface area contributed by atoms with Gasteiger partial charge in [-0.05, 0) is 24.6 Å². The van der Waals surface area contributed by atoms with Crippen LogP contribution in [0.4, 0.5) is 10.5 Å². The molecular formula is C21H20N2O4S. The molecule has 1 heterocycles. The summed E-state index contributed by atoms with van der Waals surface area (Å²) in [5.41, 5.74) is 3.09. The van der Waals surface area contributed by atoms with Crippen molar-refractivity contribution >= 4 is 40.3 Å². The number of nitrogens with zero attached hydrogens (tertiary/aromatic N) is 1. The van der Waals surface area contributed by atoms with Crippen LogP contribution in [-0.2, 0) is 16.1 Å². The number of rotatable bonds is 7. The highest BCUT2D eigenvalue weighted by molar-refractivity contribution is 8.14. The summed E-state index contributed by atoms with van der Waals surface area (Å²) in [5, 5.41) is 2.52. The molecule has 3 rings (SSSR count). The van der Waals surface area contributed by atoms with Crippen molar-refractivity contribution in [1.29, 1.82) is 0 Å². The normalized spacial score (nSPS) is 13.7. The van der Waals surface area contributed by atoms with Crippen molar-refractivity contribution in [1.82, 2.24) is 4.90 Å². The van der Waals surface area contributed by atoms with Crippen LogP contribution in [0.2, 0.25) is 0 Å². The molecule has 0 bridgehead atoms. The monoisotopic (exact) mass is 396 g/mol. The molecule has 0 saturated carbocycles. The molecule has 144 valence electrons. The van der Waals surface area contributed by atoms with Crippen LogP contribution in [0.1, 0.15) is 34.3 Å². The highest BCUT2D eigenvalue weighted by atomic mass is 32.2. The van der Waals surface area contributed by atoms with E-state index in [4.69, 9.17) is 0 Å². The number of hydrogen-bond acceptors (Lipinski definition) is 5. The van der Waals surface area contributed by atoms with Crippen LogP contribution in [0.5, 0.6) is 0 Å². The van der Waals surface area contributed by atoms with Crippen molar-refractivity contribution in [2.75, 3.05) is 11.1 Å². The zero-order chi connectivity index (χ0) is 20.1. The predicted octanol–water partition coefficient (Wildman–Crippen LogP) is 3.79. The van der Waals surface area contributed by atoms with E-state index in [1.165, 1.54) is 4.90 Å². The minimum atomic E-state index is -0.241. The summed E-state index contributed by atoms with van der Waals surface area (Å²) in [7, 11) is 0. The highest BCUT2D eigenvalue weighted by Crippen LogP contribution is 2.22. The average Bonchev–Trinajstić information content (AvgIpc) is 3.00.